The maximum atomic E-state index is 10.6. The van der Waals surface area contributed by atoms with Gasteiger partial charge in [0.25, 0.3) is 0 Å². The van der Waals surface area contributed by atoms with E-state index in [2.05, 4.69) is 0 Å². The average Bonchev–Trinajstić information content (AvgIpc) is 2.07. The van der Waals surface area contributed by atoms with Gasteiger partial charge in [-0.1, -0.05) is 6.92 Å². The van der Waals surface area contributed by atoms with Gasteiger partial charge in [0, 0.05) is 19.1 Å². The van der Waals surface area contributed by atoms with Crippen LogP contribution in [0.15, 0.2) is 0 Å². The van der Waals surface area contributed by atoms with Crippen LogP contribution in [0.5, 0.6) is 0 Å². The Morgan fingerprint density at radius 1 is 1.58 bits per heavy atom. The van der Waals surface area contributed by atoms with Crippen LogP contribution in [-0.2, 0) is 9.53 Å². The minimum Gasteiger partial charge on any atom is -0.548 e. The molecular weight excluding hydrogens is 158 g/mol. The molecule has 0 bridgehead atoms. The molecule has 1 heterocycles. The summed E-state index contributed by atoms with van der Waals surface area (Å²) < 4.78 is 5.12. The fraction of sp³-hybridized carbons (Fsp3) is 0.875. The first-order valence-corrected chi connectivity index (χ1v) is 4.28. The highest BCUT2D eigenvalue weighted by Gasteiger charge is 2.19. The quantitative estimate of drug-likeness (QED) is 0.539. The molecule has 4 heteroatoms. The Morgan fingerprint density at radius 2 is 2.17 bits per heavy atom. The van der Waals surface area contributed by atoms with Crippen LogP contribution >= 0.6 is 0 Å². The van der Waals surface area contributed by atoms with Gasteiger partial charge in [-0.15, -0.1) is 0 Å². The number of hydrogen-bond acceptors (Lipinski definition) is 4. The number of aliphatic carboxylic acids is 1. The average molecular weight is 172 g/mol. The van der Waals surface area contributed by atoms with Crippen LogP contribution in [0.1, 0.15) is 13.3 Å². The Kier molecular flexibility index (Phi) is 3.49. The molecule has 0 radical (unpaired) electrons. The molecular formula is C8H14NO3-. The van der Waals surface area contributed by atoms with Gasteiger partial charge in [0.05, 0.1) is 19.2 Å². The standard InChI is InChI=1S/C8H15NO3/c1-2-7(8(10)11)9-3-5-12-6-4-9/h7H,2-6H2,1H3,(H,10,11)/p-1. The Hall–Kier alpha value is -0.610. The molecule has 4 nitrogen and oxygen atoms in total. The van der Waals surface area contributed by atoms with Gasteiger partial charge in [-0.25, -0.2) is 0 Å². The second-order valence-electron chi connectivity index (χ2n) is 2.89. The van der Waals surface area contributed by atoms with Crippen molar-refractivity contribution in [2.24, 2.45) is 0 Å². The summed E-state index contributed by atoms with van der Waals surface area (Å²) in [6.07, 6.45) is 0.600. The smallest absolute Gasteiger partial charge is 0.0594 e. The summed E-state index contributed by atoms with van der Waals surface area (Å²) in [5, 5.41) is 10.6. The SMILES string of the molecule is CCC(C(=O)[O-])N1CCOCC1. The van der Waals surface area contributed by atoms with Crippen molar-refractivity contribution in [3.8, 4) is 0 Å². The summed E-state index contributed by atoms with van der Waals surface area (Å²) in [6.45, 7) is 4.52. The molecule has 1 aliphatic heterocycles. The molecule has 0 N–H and O–H groups in total. The Labute approximate surface area is 72.1 Å². The number of rotatable bonds is 3. The molecule has 1 fully saturated rings. The van der Waals surface area contributed by atoms with Crippen LogP contribution in [0, 0.1) is 0 Å². The summed E-state index contributed by atoms with van der Waals surface area (Å²) in [5.41, 5.74) is 0. The summed E-state index contributed by atoms with van der Waals surface area (Å²) in [6, 6.07) is -0.436. The van der Waals surface area contributed by atoms with Gasteiger partial charge >= 0.3 is 0 Å². The highest BCUT2D eigenvalue weighted by molar-refractivity contribution is 5.71. The van der Waals surface area contributed by atoms with Crippen molar-refractivity contribution in [1.29, 1.82) is 0 Å². The zero-order chi connectivity index (χ0) is 8.97. The maximum Gasteiger partial charge on any atom is 0.0594 e. The second kappa shape index (κ2) is 4.42. The number of carboxylic acid groups (broad SMARTS) is 1. The maximum absolute atomic E-state index is 10.6. The van der Waals surface area contributed by atoms with Crippen LogP contribution in [-0.4, -0.2) is 43.2 Å². The zero-order valence-corrected chi connectivity index (χ0v) is 7.28. The van der Waals surface area contributed by atoms with Crippen molar-refractivity contribution in [2.45, 2.75) is 19.4 Å². The van der Waals surface area contributed by atoms with Crippen molar-refractivity contribution in [1.82, 2.24) is 4.90 Å². The molecule has 1 atom stereocenters. The monoisotopic (exact) mass is 172 g/mol. The molecule has 1 aliphatic rings. The lowest BCUT2D eigenvalue weighted by molar-refractivity contribution is -0.312. The Bertz CT molecular complexity index is 154. The van der Waals surface area contributed by atoms with E-state index in [9.17, 15) is 9.90 Å². The number of ether oxygens (including phenoxy) is 1. The molecule has 1 rings (SSSR count). The third-order valence-corrected chi connectivity index (χ3v) is 2.15. The zero-order valence-electron chi connectivity index (χ0n) is 7.28. The summed E-state index contributed by atoms with van der Waals surface area (Å²) >= 11 is 0. The molecule has 1 unspecified atom stereocenters. The van der Waals surface area contributed by atoms with E-state index in [-0.39, 0.29) is 0 Å². The van der Waals surface area contributed by atoms with Crippen LogP contribution < -0.4 is 5.11 Å². The van der Waals surface area contributed by atoms with Crippen LogP contribution in [0.3, 0.4) is 0 Å². The van der Waals surface area contributed by atoms with Crippen LogP contribution in [0.2, 0.25) is 0 Å². The summed E-state index contributed by atoms with van der Waals surface area (Å²) in [5.74, 6) is -0.973. The third-order valence-electron chi connectivity index (χ3n) is 2.15. The Balaban J connectivity index is 2.46. The van der Waals surface area contributed by atoms with Gasteiger partial charge in [-0.05, 0) is 6.42 Å². The molecule has 0 aromatic heterocycles. The lowest BCUT2D eigenvalue weighted by Gasteiger charge is -2.34. The second-order valence-corrected chi connectivity index (χ2v) is 2.89. The predicted octanol–water partition coefficient (Wildman–Crippen LogP) is -1.15. The van der Waals surface area contributed by atoms with E-state index in [4.69, 9.17) is 4.74 Å². The normalized spacial score (nSPS) is 22.1. The number of nitrogens with zero attached hydrogens (tertiary/aromatic N) is 1. The molecule has 12 heavy (non-hydrogen) atoms. The molecule has 70 valence electrons. The molecule has 0 saturated carbocycles. The fourth-order valence-corrected chi connectivity index (χ4v) is 1.46. The van der Waals surface area contributed by atoms with Gasteiger partial charge in [-0.2, -0.15) is 0 Å². The largest absolute Gasteiger partial charge is 0.548 e. The van der Waals surface area contributed by atoms with E-state index < -0.39 is 12.0 Å². The van der Waals surface area contributed by atoms with Crippen LogP contribution in [0.4, 0.5) is 0 Å². The lowest BCUT2D eigenvalue weighted by Crippen LogP contribution is -2.51. The van der Waals surface area contributed by atoms with Crippen LogP contribution in [0.25, 0.3) is 0 Å². The van der Waals surface area contributed by atoms with Crippen molar-refractivity contribution in [3.63, 3.8) is 0 Å². The van der Waals surface area contributed by atoms with E-state index in [0.717, 1.165) is 0 Å². The molecule has 0 aliphatic carbocycles. The van der Waals surface area contributed by atoms with E-state index in [1.165, 1.54) is 0 Å². The van der Waals surface area contributed by atoms with Crippen molar-refractivity contribution >= 4 is 5.97 Å². The molecule has 0 aromatic carbocycles. The van der Waals surface area contributed by atoms with Gasteiger partial charge in [0.2, 0.25) is 0 Å². The van der Waals surface area contributed by atoms with Gasteiger partial charge < -0.3 is 14.6 Å². The van der Waals surface area contributed by atoms with E-state index in [1.807, 2.05) is 11.8 Å². The first-order chi connectivity index (χ1) is 5.75. The number of hydrogen-bond donors (Lipinski definition) is 0. The minimum absolute atomic E-state index is 0.436. The highest BCUT2D eigenvalue weighted by Crippen LogP contribution is 2.06. The molecule has 0 amide bonds. The van der Waals surface area contributed by atoms with Gasteiger partial charge in [0.15, 0.2) is 0 Å². The topological polar surface area (TPSA) is 52.6 Å². The molecule has 0 spiro atoms. The number of carbonyl (C=O) groups excluding carboxylic acids is 1. The third kappa shape index (κ3) is 2.19. The lowest BCUT2D eigenvalue weighted by atomic mass is 10.2. The van der Waals surface area contributed by atoms with E-state index >= 15 is 0 Å². The summed E-state index contributed by atoms with van der Waals surface area (Å²) in [4.78, 5) is 12.5. The molecule has 0 aromatic rings. The van der Waals surface area contributed by atoms with Gasteiger partial charge in [0.1, 0.15) is 0 Å². The van der Waals surface area contributed by atoms with E-state index in [0.29, 0.717) is 32.7 Å². The number of morpholine rings is 1. The minimum atomic E-state index is -0.973. The highest BCUT2D eigenvalue weighted by atomic mass is 16.5. The van der Waals surface area contributed by atoms with E-state index in [1.54, 1.807) is 0 Å². The van der Waals surface area contributed by atoms with Gasteiger partial charge in [-0.3, -0.25) is 4.90 Å². The van der Waals surface area contributed by atoms with Crippen molar-refractivity contribution in [2.75, 3.05) is 26.3 Å². The first kappa shape index (κ1) is 9.48. The molecule has 1 saturated heterocycles. The fourth-order valence-electron chi connectivity index (χ4n) is 1.46. The van der Waals surface area contributed by atoms with Crippen molar-refractivity contribution < 1.29 is 14.6 Å². The first-order valence-electron chi connectivity index (χ1n) is 4.28. The number of carbonyl (C=O) groups is 1. The summed E-state index contributed by atoms with van der Waals surface area (Å²) in [7, 11) is 0. The Morgan fingerprint density at radius 3 is 2.58 bits per heavy atom. The van der Waals surface area contributed by atoms with Crippen molar-refractivity contribution in [3.05, 3.63) is 0 Å². The predicted molar refractivity (Wildman–Crippen MR) is 41.5 cm³/mol. The number of carboxylic acids is 1.